The first-order chi connectivity index (χ1) is 13.9. The second-order valence-electron chi connectivity index (χ2n) is 7.65. The van der Waals surface area contributed by atoms with Crippen LogP contribution >= 0.6 is 15.9 Å². The Kier molecular flexibility index (Phi) is 5.06. The van der Waals surface area contributed by atoms with Crippen molar-refractivity contribution in [2.75, 3.05) is 4.90 Å². The predicted molar refractivity (Wildman–Crippen MR) is 118 cm³/mol. The average Bonchev–Trinajstić information content (AvgIpc) is 2.70. The molecule has 1 aliphatic heterocycles. The van der Waals surface area contributed by atoms with Crippen molar-refractivity contribution in [1.29, 1.82) is 5.26 Å². The lowest BCUT2D eigenvalue weighted by molar-refractivity contribution is -0.116. The summed E-state index contributed by atoms with van der Waals surface area (Å²) < 4.78 is 0.962. The molecule has 2 aliphatic rings. The van der Waals surface area contributed by atoms with E-state index in [4.69, 9.17) is 5.73 Å². The van der Waals surface area contributed by atoms with Crippen LogP contribution in [0.3, 0.4) is 0 Å². The van der Waals surface area contributed by atoms with Gasteiger partial charge in [0.25, 0.3) is 0 Å². The number of nitriles is 1. The minimum atomic E-state index is -0.408. The molecule has 29 heavy (non-hydrogen) atoms. The summed E-state index contributed by atoms with van der Waals surface area (Å²) in [6.07, 6.45) is 2.06. The number of benzene rings is 2. The minimum Gasteiger partial charge on any atom is -0.384 e. The third kappa shape index (κ3) is 3.28. The Labute approximate surface area is 179 Å². The highest BCUT2D eigenvalue weighted by Gasteiger charge is 2.40. The van der Waals surface area contributed by atoms with Gasteiger partial charge in [0.05, 0.1) is 17.6 Å². The molecule has 0 radical (unpaired) electrons. The van der Waals surface area contributed by atoms with E-state index < -0.39 is 5.92 Å². The molecule has 146 valence electrons. The normalized spacial score (nSPS) is 19.3. The van der Waals surface area contributed by atoms with E-state index in [1.54, 1.807) is 0 Å². The number of carbonyl (C=O) groups excluding carboxylic acids is 1. The highest BCUT2D eigenvalue weighted by molar-refractivity contribution is 9.10. The Bertz CT molecular complexity index is 1110. The Morgan fingerprint density at radius 1 is 1.14 bits per heavy atom. The van der Waals surface area contributed by atoms with Crippen LogP contribution in [-0.2, 0) is 4.79 Å². The zero-order chi connectivity index (χ0) is 20.7. The maximum atomic E-state index is 13.1. The molecule has 2 aromatic carbocycles. The fourth-order valence-electron chi connectivity index (χ4n) is 4.35. The molecule has 0 fully saturated rings. The largest absolute Gasteiger partial charge is 0.384 e. The van der Waals surface area contributed by atoms with Crippen LogP contribution in [-0.4, -0.2) is 5.78 Å². The smallest absolute Gasteiger partial charge is 0.161 e. The summed E-state index contributed by atoms with van der Waals surface area (Å²) >= 11 is 3.46. The summed E-state index contributed by atoms with van der Waals surface area (Å²) in [5.74, 6) is 0.114. The summed E-state index contributed by atoms with van der Waals surface area (Å²) in [6.45, 7) is 4.05. The lowest BCUT2D eigenvalue weighted by Gasteiger charge is -2.40. The molecule has 2 aromatic rings. The number of carbonyl (C=O) groups is 1. The van der Waals surface area contributed by atoms with Gasteiger partial charge in [0.2, 0.25) is 0 Å². The molecule has 1 aliphatic carbocycles. The Balaban J connectivity index is 1.99. The maximum absolute atomic E-state index is 13.1. The van der Waals surface area contributed by atoms with Gasteiger partial charge in [-0.15, -0.1) is 0 Å². The molecule has 1 atom stereocenters. The number of ketones is 1. The van der Waals surface area contributed by atoms with Crippen LogP contribution in [0.15, 0.2) is 69.6 Å². The van der Waals surface area contributed by atoms with E-state index in [2.05, 4.69) is 28.1 Å². The van der Waals surface area contributed by atoms with E-state index in [1.165, 1.54) is 0 Å². The highest BCUT2D eigenvalue weighted by Crippen LogP contribution is 2.47. The maximum Gasteiger partial charge on any atom is 0.161 e. The van der Waals surface area contributed by atoms with Crippen molar-refractivity contribution < 1.29 is 4.79 Å². The summed E-state index contributed by atoms with van der Waals surface area (Å²) in [7, 11) is 0. The number of aryl methyl sites for hydroxylation is 2. The monoisotopic (exact) mass is 447 g/mol. The number of halogens is 1. The number of anilines is 1. The lowest BCUT2D eigenvalue weighted by atomic mass is 9.74. The second-order valence-corrected chi connectivity index (χ2v) is 8.57. The topological polar surface area (TPSA) is 70.1 Å². The van der Waals surface area contributed by atoms with E-state index in [1.807, 2.05) is 55.1 Å². The van der Waals surface area contributed by atoms with E-state index >= 15 is 0 Å². The van der Waals surface area contributed by atoms with Crippen LogP contribution in [0.4, 0.5) is 5.69 Å². The van der Waals surface area contributed by atoms with Crippen LogP contribution in [0.25, 0.3) is 0 Å². The summed E-state index contributed by atoms with van der Waals surface area (Å²) in [6, 6.07) is 16.3. The number of Topliss-reactive ketones (excluding diaryl/α,β-unsaturated/α-hetero) is 1. The van der Waals surface area contributed by atoms with Crippen LogP contribution in [0.1, 0.15) is 41.9 Å². The molecule has 1 unspecified atom stereocenters. The lowest BCUT2D eigenvalue weighted by Crippen LogP contribution is -2.38. The quantitative estimate of drug-likeness (QED) is 0.671. The van der Waals surface area contributed by atoms with Crippen LogP contribution in [0.2, 0.25) is 0 Å². The van der Waals surface area contributed by atoms with Crippen LogP contribution < -0.4 is 10.6 Å². The van der Waals surface area contributed by atoms with Gasteiger partial charge in [0, 0.05) is 27.9 Å². The third-order valence-corrected chi connectivity index (χ3v) is 6.27. The Morgan fingerprint density at radius 3 is 2.55 bits per heavy atom. The SMILES string of the molecule is Cc1ccc(C)c(C2C(C#N)=C(N)N(c3ccc(Br)cc3)C3=C2C(=O)CCC3)c1. The van der Waals surface area contributed by atoms with Gasteiger partial charge in [-0.2, -0.15) is 5.26 Å². The van der Waals surface area contributed by atoms with Crippen molar-refractivity contribution in [3.8, 4) is 6.07 Å². The summed E-state index contributed by atoms with van der Waals surface area (Å²) in [5, 5.41) is 10.1. The van der Waals surface area contributed by atoms with Crippen molar-refractivity contribution >= 4 is 27.4 Å². The average molecular weight is 448 g/mol. The van der Waals surface area contributed by atoms with E-state index in [9.17, 15) is 10.1 Å². The van der Waals surface area contributed by atoms with E-state index in [0.717, 1.165) is 51.0 Å². The number of allylic oxidation sites excluding steroid dienone is 3. The van der Waals surface area contributed by atoms with Gasteiger partial charge < -0.3 is 5.73 Å². The van der Waals surface area contributed by atoms with Crippen LogP contribution in [0, 0.1) is 25.2 Å². The molecule has 0 aromatic heterocycles. The fourth-order valence-corrected chi connectivity index (χ4v) is 4.62. The molecule has 0 saturated carbocycles. The molecular weight excluding hydrogens is 426 g/mol. The van der Waals surface area contributed by atoms with Gasteiger partial charge in [-0.25, -0.2) is 0 Å². The van der Waals surface area contributed by atoms with Gasteiger partial charge >= 0.3 is 0 Å². The zero-order valence-electron chi connectivity index (χ0n) is 16.5. The molecular formula is C24H22BrN3O. The predicted octanol–water partition coefficient (Wildman–Crippen LogP) is 5.37. The number of hydrogen-bond acceptors (Lipinski definition) is 4. The van der Waals surface area contributed by atoms with Crippen molar-refractivity contribution in [3.05, 3.63) is 86.3 Å². The Hall–Kier alpha value is -2.84. The van der Waals surface area contributed by atoms with Gasteiger partial charge in [0.1, 0.15) is 5.82 Å². The first-order valence-corrected chi connectivity index (χ1v) is 10.5. The highest BCUT2D eigenvalue weighted by atomic mass is 79.9. The summed E-state index contributed by atoms with van der Waals surface area (Å²) in [5.41, 5.74) is 12.7. The standard InChI is InChI=1S/C24H22BrN3O/c1-14-6-7-15(2)18(12-14)22-19(13-26)24(27)28(17-10-8-16(25)9-11-17)20-4-3-5-21(29)23(20)22/h6-12,22H,3-5,27H2,1-2H3. The number of nitrogens with zero attached hydrogens (tertiary/aromatic N) is 2. The second kappa shape index (κ2) is 7.53. The van der Waals surface area contributed by atoms with Crippen molar-refractivity contribution in [2.45, 2.75) is 39.0 Å². The number of nitrogens with two attached hydrogens (primary N) is 1. The molecule has 0 bridgehead atoms. The van der Waals surface area contributed by atoms with Gasteiger partial charge in [-0.05, 0) is 62.1 Å². The molecule has 0 amide bonds. The first kappa shape index (κ1) is 19.5. The van der Waals surface area contributed by atoms with Gasteiger partial charge in [-0.3, -0.25) is 9.69 Å². The fraction of sp³-hybridized carbons (Fsp3) is 0.250. The Morgan fingerprint density at radius 2 is 1.86 bits per heavy atom. The van der Waals surface area contributed by atoms with Crippen molar-refractivity contribution in [3.63, 3.8) is 0 Å². The van der Waals surface area contributed by atoms with Crippen molar-refractivity contribution in [1.82, 2.24) is 0 Å². The molecule has 0 saturated heterocycles. The molecule has 1 heterocycles. The molecule has 2 N–H and O–H groups in total. The van der Waals surface area contributed by atoms with Gasteiger partial charge in [-0.1, -0.05) is 39.7 Å². The van der Waals surface area contributed by atoms with E-state index in [-0.39, 0.29) is 5.78 Å². The van der Waals surface area contributed by atoms with Gasteiger partial charge in [0.15, 0.2) is 5.78 Å². The van der Waals surface area contributed by atoms with Crippen molar-refractivity contribution in [2.24, 2.45) is 5.73 Å². The molecule has 5 heteroatoms. The van der Waals surface area contributed by atoms with Crippen LogP contribution in [0.5, 0.6) is 0 Å². The summed E-state index contributed by atoms with van der Waals surface area (Å²) in [4.78, 5) is 15.0. The minimum absolute atomic E-state index is 0.111. The zero-order valence-corrected chi connectivity index (χ0v) is 18.1. The third-order valence-electron chi connectivity index (χ3n) is 5.74. The molecule has 0 spiro atoms. The first-order valence-electron chi connectivity index (χ1n) is 9.71. The molecule has 4 nitrogen and oxygen atoms in total. The number of rotatable bonds is 2. The van der Waals surface area contributed by atoms with E-state index in [0.29, 0.717) is 17.8 Å². The molecule has 4 rings (SSSR count). The number of hydrogen-bond donors (Lipinski definition) is 1.